The molecule has 0 radical (unpaired) electrons. The number of benzene rings is 12. The predicted octanol–water partition coefficient (Wildman–Crippen LogP) is 22.8. The molecule has 0 saturated heterocycles. The minimum atomic E-state index is -0.490. The SMILES string of the molecule is C.C.C.C.C.Cc1ccc2c(c1)N(C)C(c1ccc(OCC[18F])cc1)c1cc(N)ccc1-2.Cc1ccc2c(c1)N(C)C(c1ccc(OCc3cn(CC[18F])nn3)cc1)c1cc(N)ccc1-2.Cc1ccc2c(c1)N(C)C(c1ccc(O[11CH3])cc1)c1cc(N)ccc1-2.Cc1ccc2c(c1)N([11CH3])C(c1ccccc1)c1cc(N)ccc1-2. The summed E-state index contributed by atoms with van der Waals surface area (Å²) >= 11 is 0. The lowest BCUT2D eigenvalue weighted by atomic mass is 9.83. The van der Waals surface area contributed by atoms with Crippen molar-refractivity contribution in [1.82, 2.24) is 15.0 Å². The van der Waals surface area contributed by atoms with Gasteiger partial charge >= 0.3 is 0 Å². The van der Waals surface area contributed by atoms with E-state index in [1.54, 1.807) is 13.3 Å². The second kappa shape index (κ2) is 36.5. The summed E-state index contributed by atoms with van der Waals surface area (Å²) in [5, 5.41) is 7.90. The molecule has 12 aromatic carbocycles. The Morgan fingerprint density at radius 2 is 0.646 bits per heavy atom. The van der Waals surface area contributed by atoms with Crippen LogP contribution in [0.25, 0.3) is 44.5 Å². The molecule has 1 aromatic heterocycles. The van der Waals surface area contributed by atoms with Crippen molar-refractivity contribution in [2.45, 2.75) is 102 Å². The number of alkyl halides is 2. The number of methoxy groups -OCH3 is 1. The van der Waals surface area contributed by atoms with E-state index >= 15 is 0 Å². The molecule has 0 amide bonds. The van der Waals surface area contributed by atoms with Crippen molar-refractivity contribution in [3.05, 3.63) is 327 Å². The van der Waals surface area contributed by atoms with Crippen molar-refractivity contribution in [2.24, 2.45) is 0 Å². The third-order valence-corrected chi connectivity index (χ3v) is 20.9. The van der Waals surface area contributed by atoms with Crippen LogP contribution in [0.1, 0.15) is 134 Å². The molecular weight excluding hydrogens is 1400 g/mol. The van der Waals surface area contributed by atoms with E-state index < -0.39 is 13.3 Å². The molecule has 4 atom stereocenters. The number of fused-ring (bicyclic) bond motifs is 12. The van der Waals surface area contributed by atoms with Crippen LogP contribution in [-0.2, 0) is 13.2 Å². The highest BCUT2D eigenvalue weighted by atomic mass is 18.2. The molecular formula is C97H111F2N11O3. The maximum Gasteiger partial charge on any atom is 0.134 e. The maximum absolute atomic E-state index is 12.4. The largest absolute Gasteiger partial charge is 0.497 e. The first-order valence-electron chi connectivity index (χ1n) is 36.4. The van der Waals surface area contributed by atoms with Gasteiger partial charge in [0.15, 0.2) is 0 Å². The molecule has 14 nitrogen and oxygen atoms in total. The average molecular weight is 1510 g/mol. The molecule has 0 fully saturated rings. The Labute approximate surface area is 668 Å². The summed E-state index contributed by atoms with van der Waals surface area (Å²) in [5.74, 6) is 2.28. The summed E-state index contributed by atoms with van der Waals surface area (Å²) in [4.78, 5) is 9.30. The van der Waals surface area contributed by atoms with E-state index in [9.17, 15) is 8.78 Å². The normalized spacial score (nSPS) is 14.6. The highest BCUT2D eigenvalue weighted by Crippen LogP contribution is 2.52. The van der Waals surface area contributed by atoms with Crippen LogP contribution in [-0.4, -0.2) is 70.3 Å². The van der Waals surface area contributed by atoms with E-state index in [0.29, 0.717) is 11.4 Å². The standard InChI is InChI=1S/C26H26FN5O.C23H23FN2O.C22H22N2O.C21H20N2.5CH4/c1-17-3-9-23-22-10-6-19(28)14-24(22)26(31(2)25(23)13-17)18-4-7-21(8-5-18)33-16-20-15-32(12-11-27)30-29-20;1-15-3-9-20-19-10-6-17(25)14-21(19)23(26(2)22(20)13-15)16-4-7-18(8-5-16)27-12-11-24;1-14-4-10-19-18-11-7-16(23)13-20(18)22(24(2)21(19)12-14)15-5-8-17(25-3)9-6-15;1-14-8-10-18-17-11-9-16(22)13-19(17)21(23(2)20(18)12-14)15-6-4-3-5-7-15;;;;;/h3-10,13-15,26H,11-12,16,28H2,1-2H3;3-10,13-14,23H,11-12,25H2,1-2H3;4-13,22H,23H2,1-3H3;3-13,21H,22H2,1-2H3;5*1H4/i27-1;24-1;3-1;2-1;;;;;. The third kappa shape index (κ3) is 17.5. The zero-order valence-corrected chi connectivity index (χ0v) is 62.5. The number of nitrogen functional groups attached to an aromatic ring is 4. The van der Waals surface area contributed by atoms with Gasteiger partial charge in [0.05, 0.1) is 44.0 Å². The number of halogens is 2. The molecule has 0 spiro atoms. The molecule has 0 aliphatic carbocycles. The van der Waals surface area contributed by atoms with Crippen molar-refractivity contribution >= 4 is 45.5 Å². The maximum atomic E-state index is 12.4. The molecule has 0 saturated carbocycles. The molecule has 0 bridgehead atoms. The fraction of sp³-hybridized carbons (Fsp3) is 0.237. The number of hydrogen-bond acceptors (Lipinski definition) is 13. The van der Waals surface area contributed by atoms with Gasteiger partial charge in [0.25, 0.3) is 0 Å². The van der Waals surface area contributed by atoms with Crippen LogP contribution >= 0.6 is 0 Å². The van der Waals surface area contributed by atoms with Crippen LogP contribution in [0.5, 0.6) is 17.2 Å². The Bertz CT molecular complexity index is 5380. The summed E-state index contributed by atoms with van der Waals surface area (Å²) in [6.07, 6.45) is 1.70. The van der Waals surface area contributed by atoms with E-state index in [-0.39, 0.29) is 81.1 Å². The lowest BCUT2D eigenvalue weighted by molar-refractivity contribution is 0.273. The van der Waals surface area contributed by atoms with Gasteiger partial charge in [0, 0.05) is 95.9 Å². The van der Waals surface area contributed by atoms with Gasteiger partial charge in [-0.1, -0.05) is 182 Å². The van der Waals surface area contributed by atoms with Crippen molar-refractivity contribution < 1.29 is 23.0 Å². The number of aryl methyl sites for hydroxylation is 5. The molecule has 5 heterocycles. The zero-order valence-electron chi connectivity index (χ0n) is 62.5. The van der Waals surface area contributed by atoms with Crippen LogP contribution in [0.3, 0.4) is 0 Å². The molecule has 4 aliphatic heterocycles. The number of nitrogens with zero attached hydrogens (tertiary/aromatic N) is 7. The number of aromatic nitrogens is 3. The number of anilines is 8. The van der Waals surface area contributed by atoms with E-state index in [2.05, 4.69) is 262 Å². The van der Waals surface area contributed by atoms with Crippen LogP contribution in [0, 0.1) is 27.7 Å². The van der Waals surface area contributed by atoms with Crippen LogP contribution in [0.15, 0.2) is 255 Å². The summed E-state index contributed by atoms with van der Waals surface area (Å²) in [6.45, 7) is 8.10. The summed E-state index contributed by atoms with van der Waals surface area (Å²) in [6, 6.07) is 86.5. The second-order valence-corrected chi connectivity index (χ2v) is 28.3. The van der Waals surface area contributed by atoms with Crippen molar-refractivity contribution in [3.8, 4) is 61.8 Å². The van der Waals surface area contributed by atoms with Gasteiger partial charge in [0.1, 0.15) is 49.5 Å². The van der Waals surface area contributed by atoms with Gasteiger partial charge in [-0.2, -0.15) is 0 Å². The Hall–Kier alpha value is -12.6. The fourth-order valence-corrected chi connectivity index (χ4v) is 15.7. The summed E-state index contributed by atoms with van der Waals surface area (Å²) in [5.41, 5.74) is 57.8. The van der Waals surface area contributed by atoms with Gasteiger partial charge in [-0.3, -0.25) is 0 Å². The Kier molecular flexibility index (Phi) is 27.3. The van der Waals surface area contributed by atoms with Gasteiger partial charge < -0.3 is 56.7 Å². The highest BCUT2D eigenvalue weighted by Gasteiger charge is 2.35. The van der Waals surface area contributed by atoms with Crippen molar-refractivity contribution in [1.29, 1.82) is 0 Å². The summed E-state index contributed by atoms with van der Waals surface area (Å²) in [7, 11) is 10.3. The van der Waals surface area contributed by atoms with Crippen LogP contribution < -0.4 is 56.7 Å². The van der Waals surface area contributed by atoms with Gasteiger partial charge in [-0.05, 0) is 226 Å². The quantitative estimate of drug-likeness (QED) is 0.0803. The highest BCUT2D eigenvalue weighted by molar-refractivity contribution is 5.91. The second-order valence-electron chi connectivity index (χ2n) is 28.3. The molecule has 13 aromatic rings. The van der Waals surface area contributed by atoms with Crippen molar-refractivity contribution in [3.63, 3.8) is 0 Å². The predicted molar refractivity (Wildman–Crippen MR) is 473 cm³/mol. The minimum Gasteiger partial charge on any atom is -0.497 e. The van der Waals surface area contributed by atoms with E-state index in [1.807, 2.05) is 72.8 Å². The monoisotopic (exact) mass is 1510 g/mol. The van der Waals surface area contributed by atoms with E-state index in [4.69, 9.17) is 37.1 Å². The fourth-order valence-electron chi connectivity index (χ4n) is 15.7. The number of hydrogen-bond donors (Lipinski definition) is 4. The van der Waals surface area contributed by atoms with Crippen LogP contribution in [0.2, 0.25) is 0 Å². The van der Waals surface area contributed by atoms with Crippen LogP contribution in [0.4, 0.5) is 54.3 Å². The van der Waals surface area contributed by atoms with Gasteiger partial charge in [-0.15, -0.1) is 5.10 Å². The minimum absolute atomic E-state index is 0. The number of nitrogens with two attached hydrogens (primary N) is 4. The zero-order chi connectivity index (χ0) is 75.4. The van der Waals surface area contributed by atoms with E-state index in [0.717, 1.165) is 45.4 Å². The first-order chi connectivity index (χ1) is 52.3. The lowest BCUT2D eigenvalue weighted by Gasteiger charge is -2.38. The van der Waals surface area contributed by atoms with E-state index in [1.165, 1.54) is 128 Å². The first kappa shape index (κ1) is 84.5. The summed E-state index contributed by atoms with van der Waals surface area (Å²) < 4.78 is 42.8. The lowest BCUT2D eigenvalue weighted by Crippen LogP contribution is -2.29. The van der Waals surface area contributed by atoms with Gasteiger partial charge in [0.2, 0.25) is 0 Å². The molecule has 113 heavy (non-hydrogen) atoms. The molecule has 586 valence electrons. The Morgan fingerprint density at radius 1 is 0.345 bits per heavy atom. The van der Waals surface area contributed by atoms with Crippen molar-refractivity contribution in [2.75, 3.05) is 97.8 Å². The van der Waals surface area contributed by atoms with Gasteiger partial charge in [-0.25, -0.2) is 13.5 Å². The Balaban J connectivity index is 0.000000172. The topological polar surface area (TPSA) is 175 Å². The smallest absolute Gasteiger partial charge is 0.134 e. The number of ether oxygens (including phenoxy) is 3. The molecule has 16 heteroatoms. The molecule has 8 N–H and O–H groups in total. The number of rotatable bonds is 13. The molecule has 4 unspecified atom stereocenters. The molecule has 17 rings (SSSR count). The molecule has 4 aliphatic rings. The average Bonchev–Trinajstić information content (AvgIpc) is 1.10. The third-order valence-electron chi connectivity index (χ3n) is 20.9. The Morgan fingerprint density at radius 3 is 0.956 bits per heavy atom. The first-order valence-corrected chi connectivity index (χ1v) is 36.4.